The number of likely N-dealkylation sites (tertiary alicyclic amines) is 1. The smallest absolute Gasteiger partial charge is 0.232 e. The number of benzene rings is 1. The lowest BCUT2D eigenvalue weighted by Crippen LogP contribution is -2.51. The van der Waals surface area contributed by atoms with E-state index in [0.29, 0.717) is 0 Å². The molecule has 3 nitrogen and oxygen atoms in total. The topological polar surface area (TPSA) is 40.5 Å². The number of aryl methyl sites for hydroxylation is 1. The molecule has 0 radical (unpaired) electrons. The van der Waals surface area contributed by atoms with Gasteiger partial charge >= 0.3 is 0 Å². The standard InChI is InChI=1S/C20H29NO2/c1-3-20(15-22)11-13-21(14-12-20)18(23)19(2)10-6-8-16-7-4-5-9-17(16)19/h4-5,7,9,22H,3,6,8,10-15H2,1-2H3. The van der Waals surface area contributed by atoms with Crippen LogP contribution >= 0.6 is 0 Å². The molecular weight excluding hydrogens is 286 g/mol. The van der Waals surface area contributed by atoms with Crippen molar-refractivity contribution in [3.63, 3.8) is 0 Å². The Morgan fingerprint density at radius 3 is 2.57 bits per heavy atom. The third kappa shape index (κ3) is 2.80. The predicted octanol–water partition coefficient (Wildman–Crippen LogP) is 3.29. The number of rotatable bonds is 3. The highest BCUT2D eigenvalue weighted by Crippen LogP contribution is 2.41. The molecule has 1 aromatic rings. The Morgan fingerprint density at radius 1 is 1.22 bits per heavy atom. The molecule has 1 fully saturated rings. The van der Waals surface area contributed by atoms with Gasteiger partial charge in [-0.2, -0.15) is 0 Å². The van der Waals surface area contributed by atoms with E-state index >= 15 is 0 Å². The second-order valence-electron chi connectivity index (χ2n) is 7.65. The van der Waals surface area contributed by atoms with Gasteiger partial charge in [0.15, 0.2) is 0 Å². The first-order chi connectivity index (χ1) is 11.0. The maximum Gasteiger partial charge on any atom is 0.232 e. The SMILES string of the molecule is CCC1(CO)CCN(C(=O)C2(C)CCCc3ccccc32)CC1. The minimum atomic E-state index is -0.375. The number of fused-ring (bicyclic) bond motifs is 1. The summed E-state index contributed by atoms with van der Waals surface area (Å²) >= 11 is 0. The third-order valence-corrected chi connectivity index (χ3v) is 6.40. The highest BCUT2D eigenvalue weighted by Gasteiger charge is 2.43. The van der Waals surface area contributed by atoms with Crippen LogP contribution in [-0.2, 0) is 16.6 Å². The van der Waals surface area contributed by atoms with E-state index in [1.54, 1.807) is 0 Å². The van der Waals surface area contributed by atoms with Gasteiger partial charge in [0.25, 0.3) is 0 Å². The number of hydrogen-bond donors (Lipinski definition) is 1. The average Bonchev–Trinajstić information content (AvgIpc) is 2.61. The van der Waals surface area contributed by atoms with E-state index in [0.717, 1.165) is 51.6 Å². The molecule has 1 atom stereocenters. The Kier molecular flexibility index (Phi) is 4.50. The molecule has 3 heteroatoms. The fourth-order valence-corrected chi connectivity index (χ4v) is 4.42. The normalized spacial score (nSPS) is 26.7. The number of amides is 1. The van der Waals surface area contributed by atoms with Crippen LogP contribution in [-0.4, -0.2) is 35.6 Å². The van der Waals surface area contributed by atoms with Gasteiger partial charge in [-0.1, -0.05) is 31.2 Å². The fourth-order valence-electron chi connectivity index (χ4n) is 4.42. The first-order valence-corrected chi connectivity index (χ1v) is 9.03. The molecule has 0 spiro atoms. The highest BCUT2D eigenvalue weighted by molar-refractivity contribution is 5.88. The van der Waals surface area contributed by atoms with Crippen molar-refractivity contribution in [1.29, 1.82) is 0 Å². The van der Waals surface area contributed by atoms with E-state index in [-0.39, 0.29) is 23.3 Å². The van der Waals surface area contributed by atoms with E-state index in [1.807, 2.05) is 4.90 Å². The fraction of sp³-hybridized carbons (Fsp3) is 0.650. The quantitative estimate of drug-likeness (QED) is 0.930. The third-order valence-electron chi connectivity index (χ3n) is 6.40. The summed E-state index contributed by atoms with van der Waals surface area (Å²) in [5, 5.41) is 9.69. The van der Waals surface area contributed by atoms with Crippen molar-refractivity contribution < 1.29 is 9.90 Å². The van der Waals surface area contributed by atoms with Gasteiger partial charge in [0, 0.05) is 19.7 Å². The van der Waals surface area contributed by atoms with E-state index < -0.39 is 0 Å². The number of hydrogen-bond acceptors (Lipinski definition) is 2. The van der Waals surface area contributed by atoms with Gasteiger partial charge in [-0.05, 0) is 62.0 Å². The molecule has 0 saturated carbocycles. The molecule has 1 aromatic carbocycles. The summed E-state index contributed by atoms with van der Waals surface area (Å²) in [6.07, 6.45) is 5.95. The van der Waals surface area contributed by atoms with Crippen LogP contribution in [0.5, 0.6) is 0 Å². The second-order valence-corrected chi connectivity index (χ2v) is 7.65. The molecule has 1 N–H and O–H groups in total. The number of piperidine rings is 1. The number of carbonyl (C=O) groups is 1. The molecule has 1 heterocycles. The molecule has 1 aliphatic carbocycles. The highest BCUT2D eigenvalue weighted by atomic mass is 16.3. The van der Waals surface area contributed by atoms with Crippen molar-refractivity contribution in [1.82, 2.24) is 4.90 Å². The van der Waals surface area contributed by atoms with E-state index in [4.69, 9.17) is 0 Å². The van der Waals surface area contributed by atoms with Crippen molar-refractivity contribution >= 4 is 5.91 Å². The van der Waals surface area contributed by atoms with Crippen LogP contribution in [0.1, 0.15) is 57.1 Å². The van der Waals surface area contributed by atoms with Gasteiger partial charge < -0.3 is 10.0 Å². The summed E-state index contributed by atoms with van der Waals surface area (Å²) in [6, 6.07) is 8.44. The van der Waals surface area contributed by atoms with Crippen molar-refractivity contribution in [3.05, 3.63) is 35.4 Å². The van der Waals surface area contributed by atoms with Crippen molar-refractivity contribution in [3.8, 4) is 0 Å². The van der Waals surface area contributed by atoms with Gasteiger partial charge in [-0.15, -0.1) is 0 Å². The minimum Gasteiger partial charge on any atom is -0.396 e. The summed E-state index contributed by atoms with van der Waals surface area (Å²) < 4.78 is 0. The molecule has 0 aromatic heterocycles. The number of carbonyl (C=O) groups excluding carboxylic acids is 1. The molecule has 126 valence electrons. The minimum absolute atomic E-state index is 0.0299. The van der Waals surface area contributed by atoms with E-state index in [2.05, 4.69) is 38.1 Å². The lowest BCUT2D eigenvalue weighted by molar-refractivity contribution is -0.140. The Hall–Kier alpha value is -1.35. The van der Waals surface area contributed by atoms with Crippen LogP contribution < -0.4 is 0 Å². The Bertz CT molecular complexity index is 569. The largest absolute Gasteiger partial charge is 0.396 e. The van der Waals surface area contributed by atoms with Crippen LogP contribution in [0.3, 0.4) is 0 Å². The number of aliphatic hydroxyl groups excluding tert-OH is 1. The zero-order valence-corrected chi connectivity index (χ0v) is 14.5. The molecule has 1 saturated heterocycles. The first-order valence-electron chi connectivity index (χ1n) is 9.03. The second kappa shape index (κ2) is 6.27. The molecule has 2 aliphatic rings. The Balaban J connectivity index is 1.79. The monoisotopic (exact) mass is 315 g/mol. The predicted molar refractivity (Wildman–Crippen MR) is 92.4 cm³/mol. The van der Waals surface area contributed by atoms with Crippen molar-refractivity contribution in [2.75, 3.05) is 19.7 Å². The van der Waals surface area contributed by atoms with Crippen molar-refractivity contribution in [2.45, 2.75) is 57.8 Å². The zero-order valence-electron chi connectivity index (χ0n) is 14.5. The lowest BCUT2D eigenvalue weighted by Gasteiger charge is -2.44. The van der Waals surface area contributed by atoms with Crippen LogP contribution in [0.15, 0.2) is 24.3 Å². The number of aliphatic hydroxyl groups is 1. The van der Waals surface area contributed by atoms with Gasteiger partial charge in [-0.25, -0.2) is 0 Å². The van der Waals surface area contributed by atoms with E-state index in [1.165, 1.54) is 11.1 Å². The van der Waals surface area contributed by atoms with Crippen LogP contribution in [0.2, 0.25) is 0 Å². The summed E-state index contributed by atoms with van der Waals surface area (Å²) in [5.41, 5.74) is 2.22. The average molecular weight is 315 g/mol. The summed E-state index contributed by atoms with van der Waals surface area (Å²) in [6.45, 7) is 6.08. The molecule has 0 bridgehead atoms. The summed E-state index contributed by atoms with van der Waals surface area (Å²) in [4.78, 5) is 15.3. The van der Waals surface area contributed by atoms with Gasteiger partial charge in [0.2, 0.25) is 5.91 Å². The van der Waals surface area contributed by atoms with Gasteiger partial charge in [-0.3, -0.25) is 4.79 Å². The molecule has 1 unspecified atom stereocenters. The van der Waals surface area contributed by atoms with Gasteiger partial charge in [0.1, 0.15) is 0 Å². The van der Waals surface area contributed by atoms with Gasteiger partial charge in [0.05, 0.1) is 5.41 Å². The van der Waals surface area contributed by atoms with Crippen LogP contribution in [0.25, 0.3) is 0 Å². The Labute approximate surface area is 139 Å². The zero-order chi connectivity index (χ0) is 16.5. The van der Waals surface area contributed by atoms with Crippen molar-refractivity contribution in [2.24, 2.45) is 5.41 Å². The molecule has 3 rings (SSSR count). The maximum absolute atomic E-state index is 13.3. The molecule has 1 amide bonds. The van der Waals surface area contributed by atoms with Crippen LogP contribution in [0, 0.1) is 5.41 Å². The Morgan fingerprint density at radius 2 is 1.91 bits per heavy atom. The number of nitrogens with zero attached hydrogens (tertiary/aromatic N) is 1. The maximum atomic E-state index is 13.3. The summed E-state index contributed by atoms with van der Waals surface area (Å²) in [7, 11) is 0. The molecular formula is C20H29NO2. The molecule has 23 heavy (non-hydrogen) atoms. The summed E-state index contributed by atoms with van der Waals surface area (Å²) in [5.74, 6) is 0.285. The lowest BCUT2D eigenvalue weighted by atomic mass is 9.69. The molecule has 1 aliphatic heterocycles. The van der Waals surface area contributed by atoms with E-state index in [9.17, 15) is 9.90 Å². The van der Waals surface area contributed by atoms with Crippen LogP contribution in [0.4, 0.5) is 0 Å². The first kappa shape index (κ1) is 16.5.